The number of nitrogens with two attached hydrogens (primary N) is 1. The van der Waals surface area contributed by atoms with Gasteiger partial charge in [0.15, 0.2) is 0 Å². The van der Waals surface area contributed by atoms with Crippen LogP contribution in [0.3, 0.4) is 0 Å². The summed E-state index contributed by atoms with van der Waals surface area (Å²) < 4.78 is 15.1. The molecule has 17 heavy (non-hydrogen) atoms. The third-order valence-electron chi connectivity index (χ3n) is 2.31. The summed E-state index contributed by atoms with van der Waals surface area (Å²) in [7, 11) is 0. The molecule has 0 aliphatic carbocycles. The van der Waals surface area contributed by atoms with Gasteiger partial charge in [-0.3, -0.25) is 4.79 Å². The van der Waals surface area contributed by atoms with Crippen LogP contribution in [-0.2, 0) is 6.54 Å². The van der Waals surface area contributed by atoms with Crippen LogP contribution in [0.4, 0.5) is 10.1 Å². The molecule has 2 aromatic rings. The van der Waals surface area contributed by atoms with Crippen molar-refractivity contribution in [3.63, 3.8) is 0 Å². The van der Waals surface area contributed by atoms with E-state index in [9.17, 15) is 9.18 Å². The molecule has 0 unspecified atom stereocenters. The summed E-state index contributed by atoms with van der Waals surface area (Å²) in [5.41, 5.74) is 6.39. The minimum Gasteiger partial charge on any atom is -0.399 e. The van der Waals surface area contributed by atoms with E-state index in [-0.39, 0.29) is 5.56 Å². The molecule has 0 fully saturated rings. The van der Waals surface area contributed by atoms with E-state index in [0.717, 1.165) is 0 Å². The fourth-order valence-corrected chi connectivity index (χ4v) is 1.98. The smallest absolute Gasteiger partial charge is 0.265 e. The summed E-state index contributed by atoms with van der Waals surface area (Å²) >= 11 is 3.16. The van der Waals surface area contributed by atoms with E-state index in [1.54, 1.807) is 24.4 Å². The topological polar surface area (TPSA) is 48.0 Å². The number of halogens is 2. The van der Waals surface area contributed by atoms with E-state index in [2.05, 4.69) is 15.9 Å². The van der Waals surface area contributed by atoms with Crippen molar-refractivity contribution in [1.82, 2.24) is 4.57 Å². The Labute approximate surface area is 106 Å². The van der Waals surface area contributed by atoms with E-state index >= 15 is 0 Å². The van der Waals surface area contributed by atoms with Crippen molar-refractivity contribution in [2.75, 3.05) is 5.73 Å². The molecule has 2 N–H and O–H groups in total. The monoisotopic (exact) mass is 296 g/mol. The van der Waals surface area contributed by atoms with Gasteiger partial charge in [-0.2, -0.15) is 0 Å². The van der Waals surface area contributed by atoms with Gasteiger partial charge in [0.25, 0.3) is 5.56 Å². The standard InChI is InChI=1S/C12H10BrFN2O/c13-11-2-1-3-16(12(11)17)7-8-4-9(14)6-10(15)5-8/h1-6H,7,15H2. The van der Waals surface area contributed by atoms with Crippen LogP contribution in [0.5, 0.6) is 0 Å². The lowest BCUT2D eigenvalue weighted by Gasteiger charge is -2.07. The van der Waals surface area contributed by atoms with E-state index in [0.29, 0.717) is 22.3 Å². The van der Waals surface area contributed by atoms with Crippen LogP contribution in [-0.4, -0.2) is 4.57 Å². The molecule has 0 saturated carbocycles. The average Bonchev–Trinajstić information content (AvgIpc) is 2.23. The summed E-state index contributed by atoms with van der Waals surface area (Å²) in [5, 5.41) is 0. The first-order chi connectivity index (χ1) is 8.06. The Morgan fingerprint density at radius 3 is 2.82 bits per heavy atom. The van der Waals surface area contributed by atoms with Crippen molar-refractivity contribution in [3.8, 4) is 0 Å². The van der Waals surface area contributed by atoms with E-state index in [4.69, 9.17) is 5.73 Å². The van der Waals surface area contributed by atoms with Crippen molar-refractivity contribution in [1.29, 1.82) is 0 Å². The molecule has 3 nitrogen and oxygen atoms in total. The molecule has 2 rings (SSSR count). The molecule has 88 valence electrons. The maximum absolute atomic E-state index is 13.1. The highest BCUT2D eigenvalue weighted by Crippen LogP contribution is 2.12. The number of aromatic nitrogens is 1. The Bertz CT molecular complexity index is 589. The lowest BCUT2D eigenvalue weighted by atomic mass is 10.2. The fourth-order valence-electron chi connectivity index (χ4n) is 1.60. The Hall–Kier alpha value is -1.62. The molecule has 0 aliphatic rings. The van der Waals surface area contributed by atoms with E-state index < -0.39 is 5.82 Å². The van der Waals surface area contributed by atoms with Gasteiger partial charge >= 0.3 is 0 Å². The molecule has 0 aliphatic heterocycles. The highest BCUT2D eigenvalue weighted by Gasteiger charge is 2.03. The predicted molar refractivity (Wildman–Crippen MR) is 68.3 cm³/mol. The number of pyridine rings is 1. The lowest BCUT2D eigenvalue weighted by Crippen LogP contribution is -2.20. The van der Waals surface area contributed by atoms with Crippen LogP contribution in [0.2, 0.25) is 0 Å². The van der Waals surface area contributed by atoms with Crippen molar-refractivity contribution in [2.45, 2.75) is 6.54 Å². The van der Waals surface area contributed by atoms with Crippen LogP contribution in [0.1, 0.15) is 5.56 Å². The van der Waals surface area contributed by atoms with Crippen molar-refractivity contribution < 1.29 is 4.39 Å². The van der Waals surface area contributed by atoms with Gasteiger partial charge in [0.2, 0.25) is 0 Å². The molecular weight excluding hydrogens is 287 g/mol. The molecule has 0 spiro atoms. The predicted octanol–water partition coefficient (Wildman–Crippen LogP) is 2.38. The van der Waals surface area contributed by atoms with Gasteiger partial charge in [0.05, 0.1) is 11.0 Å². The summed E-state index contributed by atoms with van der Waals surface area (Å²) in [6.07, 6.45) is 1.65. The second-order valence-electron chi connectivity index (χ2n) is 3.68. The average molecular weight is 297 g/mol. The number of nitrogens with zero attached hydrogens (tertiary/aromatic N) is 1. The molecule has 0 atom stereocenters. The van der Waals surface area contributed by atoms with Gasteiger partial charge in [0.1, 0.15) is 5.82 Å². The summed E-state index contributed by atoms with van der Waals surface area (Å²) in [5.74, 6) is -0.400. The molecule has 0 amide bonds. The van der Waals surface area contributed by atoms with Gasteiger partial charge in [0, 0.05) is 11.9 Å². The second kappa shape index (κ2) is 4.71. The zero-order valence-electron chi connectivity index (χ0n) is 8.86. The van der Waals surface area contributed by atoms with E-state index in [1.807, 2.05) is 0 Å². The maximum atomic E-state index is 13.1. The van der Waals surface area contributed by atoms with Crippen molar-refractivity contribution in [3.05, 3.63) is 62.7 Å². The quantitative estimate of drug-likeness (QED) is 0.865. The second-order valence-corrected chi connectivity index (χ2v) is 4.54. The first kappa shape index (κ1) is 11.9. The van der Waals surface area contributed by atoms with Gasteiger partial charge in [-0.05, 0) is 51.8 Å². The van der Waals surface area contributed by atoms with Crippen LogP contribution in [0.25, 0.3) is 0 Å². The zero-order valence-corrected chi connectivity index (χ0v) is 10.4. The molecular formula is C12H10BrFN2O. The Morgan fingerprint density at radius 2 is 2.12 bits per heavy atom. The van der Waals surface area contributed by atoms with Gasteiger partial charge in [-0.25, -0.2) is 4.39 Å². The van der Waals surface area contributed by atoms with Gasteiger partial charge in [-0.15, -0.1) is 0 Å². The number of hydrogen-bond acceptors (Lipinski definition) is 2. The molecule has 1 heterocycles. The number of benzene rings is 1. The van der Waals surface area contributed by atoms with Gasteiger partial charge in [-0.1, -0.05) is 0 Å². The minimum atomic E-state index is -0.400. The fraction of sp³-hybridized carbons (Fsp3) is 0.0833. The molecule has 1 aromatic carbocycles. The molecule has 0 saturated heterocycles. The minimum absolute atomic E-state index is 0.157. The van der Waals surface area contributed by atoms with Crippen molar-refractivity contribution in [2.24, 2.45) is 0 Å². The zero-order chi connectivity index (χ0) is 12.4. The summed E-state index contributed by atoms with van der Waals surface area (Å²) in [6.45, 7) is 0.292. The van der Waals surface area contributed by atoms with E-state index in [1.165, 1.54) is 16.7 Å². The molecule has 1 aromatic heterocycles. The third kappa shape index (κ3) is 2.74. The van der Waals surface area contributed by atoms with Crippen LogP contribution in [0.15, 0.2) is 45.8 Å². The number of hydrogen-bond donors (Lipinski definition) is 1. The summed E-state index contributed by atoms with van der Waals surface area (Å²) in [6, 6.07) is 7.67. The summed E-state index contributed by atoms with van der Waals surface area (Å²) in [4.78, 5) is 11.7. The largest absolute Gasteiger partial charge is 0.399 e. The highest BCUT2D eigenvalue weighted by atomic mass is 79.9. The van der Waals surface area contributed by atoms with Crippen LogP contribution < -0.4 is 11.3 Å². The number of rotatable bonds is 2. The Morgan fingerprint density at radius 1 is 1.35 bits per heavy atom. The lowest BCUT2D eigenvalue weighted by molar-refractivity contribution is 0.623. The Balaban J connectivity index is 2.38. The molecule has 0 radical (unpaired) electrons. The Kier molecular flexibility index (Phi) is 3.28. The maximum Gasteiger partial charge on any atom is 0.265 e. The van der Waals surface area contributed by atoms with Crippen LogP contribution in [0, 0.1) is 5.82 Å². The highest BCUT2D eigenvalue weighted by molar-refractivity contribution is 9.10. The first-order valence-electron chi connectivity index (χ1n) is 4.96. The number of nitrogen functional groups attached to an aromatic ring is 1. The van der Waals surface area contributed by atoms with Gasteiger partial charge < -0.3 is 10.3 Å². The third-order valence-corrected chi connectivity index (χ3v) is 2.91. The normalized spacial score (nSPS) is 10.5. The molecule has 5 heteroatoms. The first-order valence-corrected chi connectivity index (χ1v) is 5.75. The number of anilines is 1. The molecule has 0 bridgehead atoms. The van der Waals surface area contributed by atoms with Crippen molar-refractivity contribution >= 4 is 21.6 Å². The SMILES string of the molecule is Nc1cc(F)cc(Cn2cccc(Br)c2=O)c1. The van der Waals surface area contributed by atoms with Crippen LogP contribution >= 0.6 is 15.9 Å².